The summed E-state index contributed by atoms with van der Waals surface area (Å²) in [6.07, 6.45) is 4.33. The number of hydrogen-bond donors (Lipinski definition) is 2. The van der Waals surface area contributed by atoms with Crippen LogP contribution in [0.5, 0.6) is 5.75 Å². The lowest BCUT2D eigenvalue weighted by atomic mass is 9.77. The summed E-state index contributed by atoms with van der Waals surface area (Å²) >= 11 is 0. The number of rotatable bonds is 11. The van der Waals surface area contributed by atoms with Crippen molar-refractivity contribution >= 4 is 29.4 Å². The highest BCUT2D eigenvalue weighted by Crippen LogP contribution is 2.45. The van der Waals surface area contributed by atoms with Gasteiger partial charge in [-0.25, -0.2) is 4.79 Å². The SMILES string of the molecule is CCOc1cc(C(=O)OC)c(C2CC2)cc1CN1CCC2(CC1)CC(=O)N(c1ccc(C(=O)NCCC(=O)O)cc1)C2. The van der Waals surface area contributed by atoms with Crippen LogP contribution in [0.25, 0.3) is 0 Å². The summed E-state index contributed by atoms with van der Waals surface area (Å²) in [5.41, 5.74) is 3.84. The Balaban J connectivity index is 1.21. The Hall–Kier alpha value is -3.92. The number of amides is 2. The molecule has 3 aliphatic rings. The zero-order valence-corrected chi connectivity index (χ0v) is 24.3. The van der Waals surface area contributed by atoms with Gasteiger partial charge in [-0.05, 0) is 99.0 Å². The number of carbonyl (C=O) groups is 4. The molecule has 0 bridgehead atoms. The third-order valence-corrected chi connectivity index (χ3v) is 8.65. The third kappa shape index (κ3) is 6.59. The van der Waals surface area contributed by atoms with E-state index in [0.29, 0.717) is 36.6 Å². The van der Waals surface area contributed by atoms with E-state index >= 15 is 0 Å². The smallest absolute Gasteiger partial charge is 0.338 e. The van der Waals surface area contributed by atoms with Crippen LogP contribution in [0.3, 0.4) is 0 Å². The molecule has 0 aromatic heterocycles. The summed E-state index contributed by atoms with van der Waals surface area (Å²) in [5.74, 6) is -0.416. The van der Waals surface area contributed by atoms with Crippen LogP contribution in [-0.2, 0) is 20.9 Å². The molecule has 0 unspecified atom stereocenters. The van der Waals surface area contributed by atoms with Crippen molar-refractivity contribution < 1.29 is 33.8 Å². The number of nitrogens with one attached hydrogen (secondary N) is 1. The van der Waals surface area contributed by atoms with Crippen LogP contribution < -0.4 is 15.0 Å². The van der Waals surface area contributed by atoms with E-state index in [-0.39, 0.29) is 36.2 Å². The number of aliphatic carboxylic acids is 1. The maximum absolute atomic E-state index is 13.1. The van der Waals surface area contributed by atoms with Crippen molar-refractivity contribution in [2.75, 3.05) is 44.8 Å². The van der Waals surface area contributed by atoms with Crippen molar-refractivity contribution in [2.24, 2.45) is 5.41 Å². The minimum atomic E-state index is -0.967. The van der Waals surface area contributed by atoms with Gasteiger partial charge >= 0.3 is 11.9 Å². The molecule has 5 rings (SSSR count). The maximum Gasteiger partial charge on any atom is 0.338 e. The van der Waals surface area contributed by atoms with Crippen LogP contribution in [0.4, 0.5) is 5.69 Å². The average Bonchev–Trinajstić information content (AvgIpc) is 3.78. The van der Waals surface area contributed by atoms with Gasteiger partial charge in [-0.1, -0.05) is 0 Å². The molecule has 224 valence electrons. The predicted octanol–water partition coefficient (Wildman–Crippen LogP) is 3.97. The lowest BCUT2D eigenvalue weighted by Crippen LogP contribution is -2.41. The number of carboxylic acids is 1. The van der Waals surface area contributed by atoms with Crippen molar-refractivity contribution in [2.45, 2.75) is 57.9 Å². The summed E-state index contributed by atoms with van der Waals surface area (Å²) in [5, 5.41) is 11.3. The molecule has 0 radical (unpaired) electrons. The standard InChI is InChI=1S/C32H39N3O7/c1-3-42-27-17-26(31(40)41-2)25(21-4-5-21)16-23(27)19-34-14-11-32(12-15-34)18-28(36)35(20-32)24-8-6-22(7-9-24)30(39)33-13-10-29(37)38/h6-9,16-17,21H,3-5,10-15,18-20H2,1-2H3,(H,33,39)(H,37,38). The van der Waals surface area contributed by atoms with Crippen LogP contribution in [0.2, 0.25) is 0 Å². The van der Waals surface area contributed by atoms with E-state index in [1.807, 2.05) is 17.9 Å². The van der Waals surface area contributed by atoms with E-state index in [1.54, 1.807) is 24.3 Å². The Morgan fingerprint density at radius 1 is 1.10 bits per heavy atom. The molecule has 2 aliphatic heterocycles. The molecule has 42 heavy (non-hydrogen) atoms. The van der Waals surface area contributed by atoms with Gasteiger partial charge in [0.15, 0.2) is 0 Å². The van der Waals surface area contributed by atoms with E-state index in [0.717, 1.165) is 67.9 Å². The van der Waals surface area contributed by atoms with Crippen LogP contribution in [0, 0.1) is 5.41 Å². The molecule has 2 aromatic rings. The van der Waals surface area contributed by atoms with Crippen LogP contribution >= 0.6 is 0 Å². The normalized spacial score (nSPS) is 18.2. The number of hydrogen-bond acceptors (Lipinski definition) is 7. The fourth-order valence-electron chi connectivity index (χ4n) is 6.15. The molecule has 10 heteroatoms. The second kappa shape index (κ2) is 12.5. The summed E-state index contributed by atoms with van der Waals surface area (Å²) in [6.45, 7) is 5.60. The van der Waals surface area contributed by atoms with Crippen LogP contribution in [0.1, 0.15) is 83.2 Å². The van der Waals surface area contributed by atoms with Gasteiger partial charge in [0.05, 0.1) is 25.7 Å². The molecule has 2 saturated heterocycles. The summed E-state index contributed by atoms with van der Waals surface area (Å²) in [6, 6.07) is 10.9. The molecule has 2 amide bonds. The third-order valence-electron chi connectivity index (χ3n) is 8.65. The van der Waals surface area contributed by atoms with E-state index in [9.17, 15) is 19.2 Å². The van der Waals surface area contributed by atoms with Crippen LogP contribution in [-0.4, -0.2) is 73.7 Å². The minimum Gasteiger partial charge on any atom is -0.494 e. The fourth-order valence-corrected chi connectivity index (χ4v) is 6.15. The highest BCUT2D eigenvalue weighted by atomic mass is 16.5. The fraction of sp³-hybridized carbons (Fsp3) is 0.500. The number of carboxylic acid groups (broad SMARTS) is 1. The summed E-state index contributed by atoms with van der Waals surface area (Å²) in [7, 11) is 1.41. The van der Waals surface area contributed by atoms with E-state index in [2.05, 4.69) is 16.3 Å². The first-order valence-electron chi connectivity index (χ1n) is 14.7. The Kier molecular flexibility index (Phi) is 8.82. The number of anilines is 1. The second-order valence-electron chi connectivity index (χ2n) is 11.6. The first kappa shape index (κ1) is 29.6. The number of methoxy groups -OCH3 is 1. The van der Waals surface area contributed by atoms with Gasteiger partial charge in [0, 0.05) is 42.9 Å². The largest absolute Gasteiger partial charge is 0.494 e. The summed E-state index contributed by atoms with van der Waals surface area (Å²) in [4.78, 5) is 52.8. The van der Waals surface area contributed by atoms with Gasteiger partial charge in [0.1, 0.15) is 5.75 Å². The molecular formula is C32H39N3O7. The van der Waals surface area contributed by atoms with E-state index in [4.69, 9.17) is 14.6 Å². The van der Waals surface area contributed by atoms with Gasteiger partial charge in [-0.15, -0.1) is 0 Å². The Bertz CT molecular complexity index is 1340. The Morgan fingerprint density at radius 2 is 1.81 bits per heavy atom. The van der Waals surface area contributed by atoms with Crippen molar-refractivity contribution in [3.8, 4) is 5.75 Å². The second-order valence-corrected chi connectivity index (χ2v) is 11.6. The molecular weight excluding hydrogens is 538 g/mol. The highest BCUT2D eigenvalue weighted by molar-refractivity contribution is 5.98. The lowest BCUT2D eigenvalue weighted by molar-refractivity contribution is -0.136. The monoisotopic (exact) mass is 577 g/mol. The zero-order chi connectivity index (χ0) is 29.9. The first-order valence-corrected chi connectivity index (χ1v) is 14.7. The van der Waals surface area contributed by atoms with Gasteiger partial charge in [-0.2, -0.15) is 0 Å². The van der Waals surface area contributed by atoms with Crippen molar-refractivity contribution in [3.63, 3.8) is 0 Å². The maximum atomic E-state index is 13.1. The quantitative estimate of drug-likeness (QED) is 0.385. The molecule has 1 spiro atoms. The molecule has 2 aromatic carbocycles. The topological polar surface area (TPSA) is 125 Å². The highest BCUT2D eigenvalue weighted by Gasteiger charge is 2.45. The first-order chi connectivity index (χ1) is 20.2. The van der Waals surface area contributed by atoms with Gasteiger partial charge in [0.25, 0.3) is 5.91 Å². The van der Waals surface area contributed by atoms with E-state index < -0.39 is 5.97 Å². The van der Waals surface area contributed by atoms with Gasteiger partial charge in [0.2, 0.25) is 5.91 Å². The van der Waals surface area contributed by atoms with Crippen molar-refractivity contribution in [3.05, 3.63) is 58.7 Å². The zero-order valence-electron chi connectivity index (χ0n) is 24.3. The number of piperidine rings is 1. The van der Waals surface area contributed by atoms with E-state index in [1.165, 1.54) is 7.11 Å². The number of carbonyl (C=O) groups excluding carboxylic acids is 3. The minimum absolute atomic E-state index is 0.0630. The van der Waals surface area contributed by atoms with Gasteiger partial charge < -0.3 is 24.8 Å². The number of esters is 1. The van der Waals surface area contributed by atoms with Crippen molar-refractivity contribution in [1.82, 2.24) is 10.2 Å². The molecule has 2 heterocycles. The average molecular weight is 578 g/mol. The number of likely N-dealkylation sites (tertiary alicyclic amines) is 1. The van der Waals surface area contributed by atoms with Gasteiger partial charge in [-0.3, -0.25) is 19.3 Å². The number of nitrogens with zero attached hydrogens (tertiary/aromatic N) is 2. The number of ether oxygens (including phenoxy) is 2. The molecule has 0 atom stereocenters. The lowest BCUT2D eigenvalue weighted by Gasteiger charge is -2.39. The molecule has 3 fully saturated rings. The molecule has 2 N–H and O–H groups in total. The van der Waals surface area contributed by atoms with Crippen LogP contribution in [0.15, 0.2) is 36.4 Å². The number of benzene rings is 2. The summed E-state index contributed by atoms with van der Waals surface area (Å²) < 4.78 is 11.0. The molecule has 1 saturated carbocycles. The molecule has 10 nitrogen and oxygen atoms in total. The Morgan fingerprint density at radius 3 is 2.43 bits per heavy atom. The predicted molar refractivity (Wildman–Crippen MR) is 156 cm³/mol. The Labute approximate surface area is 246 Å². The molecule has 1 aliphatic carbocycles. The van der Waals surface area contributed by atoms with Crippen molar-refractivity contribution in [1.29, 1.82) is 0 Å².